The fourth-order valence-electron chi connectivity index (χ4n) is 8.32. The molecule has 7 unspecified atom stereocenters. The second-order valence-electron chi connectivity index (χ2n) is 13.7. The summed E-state index contributed by atoms with van der Waals surface area (Å²) in [4.78, 5) is 26.7. The summed E-state index contributed by atoms with van der Waals surface area (Å²) >= 11 is 0. The molecule has 0 saturated heterocycles. The van der Waals surface area contributed by atoms with Crippen LogP contribution in [0.15, 0.2) is 23.3 Å². The van der Waals surface area contributed by atoms with E-state index in [2.05, 4.69) is 54.5 Å². The highest BCUT2D eigenvalue weighted by Gasteiger charge is 2.62. The van der Waals surface area contributed by atoms with Gasteiger partial charge in [-0.3, -0.25) is 9.59 Å². The van der Waals surface area contributed by atoms with Crippen LogP contribution in [0.1, 0.15) is 87.5 Å². The zero-order valence-corrected chi connectivity index (χ0v) is 21.3. The van der Waals surface area contributed by atoms with Gasteiger partial charge in [-0.1, -0.05) is 67.0 Å². The molecule has 174 valence electrons. The lowest BCUT2D eigenvalue weighted by molar-refractivity contribution is -0.138. The molecule has 4 aliphatic carbocycles. The first-order chi connectivity index (χ1) is 14.7. The molecular formula is C29H41NO2. The molecule has 0 N–H and O–H groups in total. The Bertz CT molecular complexity index is 955. The highest BCUT2D eigenvalue weighted by molar-refractivity contribution is 6.02. The van der Waals surface area contributed by atoms with Crippen molar-refractivity contribution in [2.45, 2.75) is 87.5 Å². The minimum atomic E-state index is -0.390. The van der Waals surface area contributed by atoms with Gasteiger partial charge in [-0.2, -0.15) is 5.26 Å². The Morgan fingerprint density at radius 2 is 1.69 bits per heavy atom. The fraction of sp³-hybridized carbons (Fsp3) is 0.759. The van der Waals surface area contributed by atoms with Gasteiger partial charge in [-0.25, -0.2) is 0 Å². The first-order valence-corrected chi connectivity index (χ1v) is 12.6. The monoisotopic (exact) mass is 435 g/mol. The quantitative estimate of drug-likeness (QED) is 0.461. The Morgan fingerprint density at radius 1 is 1.06 bits per heavy atom. The van der Waals surface area contributed by atoms with E-state index >= 15 is 0 Å². The van der Waals surface area contributed by atoms with Gasteiger partial charge in [0.1, 0.15) is 6.07 Å². The normalized spacial score (nSPS) is 43.3. The van der Waals surface area contributed by atoms with Gasteiger partial charge in [-0.05, 0) is 72.2 Å². The lowest BCUT2D eigenvalue weighted by Gasteiger charge is -2.62. The summed E-state index contributed by atoms with van der Waals surface area (Å²) in [6.07, 6.45) is 9.23. The van der Waals surface area contributed by atoms with Crippen LogP contribution >= 0.6 is 0 Å². The van der Waals surface area contributed by atoms with Gasteiger partial charge in [0.25, 0.3) is 0 Å². The highest BCUT2D eigenvalue weighted by Crippen LogP contribution is 2.67. The molecular weight excluding hydrogens is 394 g/mol. The lowest BCUT2D eigenvalue weighted by Crippen LogP contribution is -2.58. The first-order valence-electron chi connectivity index (χ1n) is 12.6. The van der Waals surface area contributed by atoms with E-state index in [-0.39, 0.29) is 45.4 Å². The Labute approximate surface area is 194 Å². The number of hydrogen-bond acceptors (Lipinski definition) is 3. The van der Waals surface area contributed by atoms with Crippen LogP contribution in [-0.2, 0) is 9.59 Å². The van der Waals surface area contributed by atoms with E-state index in [1.165, 1.54) is 5.57 Å². The molecule has 3 nitrogen and oxygen atoms in total. The molecule has 0 bridgehead atoms. The van der Waals surface area contributed by atoms with Crippen molar-refractivity contribution in [3.63, 3.8) is 0 Å². The zero-order valence-electron chi connectivity index (χ0n) is 21.3. The molecule has 0 spiro atoms. The molecule has 2 saturated carbocycles. The smallest absolute Gasteiger partial charge is 0.176 e. The maximum Gasteiger partial charge on any atom is 0.176 e. The molecule has 0 aromatic heterocycles. The van der Waals surface area contributed by atoms with Crippen molar-refractivity contribution < 1.29 is 9.59 Å². The number of allylic oxidation sites excluding steroid dienone is 4. The van der Waals surface area contributed by atoms with E-state index in [4.69, 9.17) is 0 Å². The van der Waals surface area contributed by atoms with Crippen molar-refractivity contribution in [2.75, 3.05) is 0 Å². The van der Waals surface area contributed by atoms with E-state index in [0.717, 1.165) is 32.1 Å². The van der Waals surface area contributed by atoms with Gasteiger partial charge in [0.15, 0.2) is 11.6 Å². The zero-order chi connectivity index (χ0) is 23.9. The molecule has 4 rings (SSSR count). The molecule has 0 amide bonds. The minimum Gasteiger partial charge on any atom is -0.295 e. The molecule has 7 atom stereocenters. The number of nitriles is 1. The molecule has 0 radical (unpaired) electrons. The largest absolute Gasteiger partial charge is 0.295 e. The van der Waals surface area contributed by atoms with Gasteiger partial charge in [0.2, 0.25) is 0 Å². The third-order valence-corrected chi connectivity index (χ3v) is 10.0. The van der Waals surface area contributed by atoms with Crippen molar-refractivity contribution in [3.8, 4) is 6.07 Å². The molecule has 32 heavy (non-hydrogen) atoms. The van der Waals surface area contributed by atoms with Gasteiger partial charge in [0.05, 0.1) is 5.57 Å². The highest BCUT2D eigenvalue weighted by atomic mass is 16.1. The predicted molar refractivity (Wildman–Crippen MR) is 127 cm³/mol. The van der Waals surface area contributed by atoms with Crippen molar-refractivity contribution in [1.29, 1.82) is 5.26 Å². The molecule has 0 heterocycles. The molecule has 3 heteroatoms. The number of fused-ring (bicyclic) bond motifs is 5. The van der Waals surface area contributed by atoms with Crippen LogP contribution in [0.5, 0.6) is 0 Å². The van der Waals surface area contributed by atoms with Crippen LogP contribution in [-0.4, -0.2) is 11.6 Å². The first kappa shape index (κ1) is 23.5. The predicted octanol–water partition coefficient (Wildman–Crippen LogP) is 6.69. The maximum atomic E-state index is 13.9. The maximum absolute atomic E-state index is 13.9. The second kappa shape index (κ2) is 7.15. The minimum absolute atomic E-state index is 0.0242. The number of carbonyl (C=O) groups is 2. The van der Waals surface area contributed by atoms with Crippen LogP contribution in [0.3, 0.4) is 0 Å². The van der Waals surface area contributed by atoms with E-state index in [9.17, 15) is 14.9 Å². The third kappa shape index (κ3) is 3.27. The van der Waals surface area contributed by atoms with Crippen LogP contribution in [0.4, 0.5) is 0 Å². The Balaban J connectivity index is 1.85. The number of ketones is 2. The van der Waals surface area contributed by atoms with Crippen molar-refractivity contribution in [1.82, 2.24) is 0 Å². The summed E-state index contributed by atoms with van der Waals surface area (Å²) in [6, 6.07) is 2.16. The Hall–Kier alpha value is -1.69. The molecule has 0 aromatic rings. The summed E-state index contributed by atoms with van der Waals surface area (Å²) in [5, 5.41) is 9.66. The van der Waals surface area contributed by atoms with E-state index in [1.54, 1.807) is 0 Å². The molecule has 2 fully saturated rings. The standard InChI is InChI=1S/C29H41NO2/c1-17-19-10-12-28(7)20-9-11-27(5,6)21(15-26(2,3)4)24(20)22(31)13-23(28)29(19,8)14-18(16-30)25(17)32/h13-14,17,19-21,24H,9-12,15H2,1-8H3. The van der Waals surface area contributed by atoms with Crippen LogP contribution < -0.4 is 0 Å². The van der Waals surface area contributed by atoms with E-state index < -0.39 is 5.41 Å². The number of nitrogens with zero attached hydrogens (tertiary/aromatic N) is 1. The molecule has 4 aliphatic rings. The van der Waals surface area contributed by atoms with Gasteiger partial charge >= 0.3 is 0 Å². The fourth-order valence-corrected chi connectivity index (χ4v) is 8.32. The summed E-state index contributed by atoms with van der Waals surface area (Å²) in [5.41, 5.74) is 1.39. The van der Waals surface area contributed by atoms with Crippen molar-refractivity contribution >= 4 is 11.6 Å². The van der Waals surface area contributed by atoms with E-state index in [1.807, 2.05) is 19.1 Å². The topological polar surface area (TPSA) is 57.9 Å². The molecule has 0 aromatic carbocycles. The van der Waals surface area contributed by atoms with Crippen LogP contribution in [0.2, 0.25) is 0 Å². The number of rotatable bonds is 1. The van der Waals surface area contributed by atoms with Crippen molar-refractivity contribution in [3.05, 3.63) is 23.3 Å². The summed E-state index contributed by atoms with van der Waals surface area (Å²) in [7, 11) is 0. The van der Waals surface area contributed by atoms with Crippen LogP contribution in [0.25, 0.3) is 0 Å². The van der Waals surface area contributed by atoms with Gasteiger partial charge in [0, 0.05) is 17.3 Å². The van der Waals surface area contributed by atoms with Gasteiger partial charge < -0.3 is 0 Å². The van der Waals surface area contributed by atoms with Crippen molar-refractivity contribution in [2.24, 2.45) is 51.2 Å². The van der Waals surface area contributed by atoms with E-state index in [0.29, 0.717) is 17.6 Å². The Morgan fingerprint density at radius 3 is 2.28 bits per heavy atom. The average Bonchev–Trinajstić information content (AvgIpc) is 2.67. The summed E-state index contributed by atoms with van der Waals surface area (Å²) in [5.74, 6) is 1.07. The average molecular weight is 436 g/mol. The number of hydrogen-bond donors (Lipinski definition) is 0. The summed E-state index contributed by atoms with van der Waals surface area (Å²) in [6.45, 7) is 18.2. The summed E-state index contributed by atoms with van der Waals surface area (Å²) < 4.78 is 0. The SMILES string of the molecule is CC1C(=O)C(C#N)=CC2(C)C3=CC(=O)C4C(CC(C)(C)C)C(C)(C)CCC4C3(C)CCC12. The van der Waals surface area contributed by atoms with Gasteiger partial charge in [-0.15, -0.1) is 0 Å². The van der Waals surface area contributed by atoms with Crippen LogP contribution in [0, 0.1) is 62.6 Å². The number of carbonyl (C=O) groups excluding carboxylic acids is 2. The number of Topliss-reactive ketones (excluding diaryl/α,β-unsaturated/α-hetero) is 1. The lowest BCUT2D eigenvalue weighted by atomic mass is 9.41. The second-order valence-corrected chi connectivity index (χ2v) is 13.7. The molecule has 0 aliphatic heterocycles. The third-order valence-electron chi connectivity index (χ3n) is 10.0. The Kier molecular flexibility index (Phi) is 5.25.